The highest BCUT2D eigenvalue weighted by Gasteiger charge is 2.10. The van der Waals surface area contributed by atoms with Gasteiger partial charge in [-0.05, 0) is 12.1 Å². The largest absolute Gasteiger partial charge is 0.483 e. The highest BCUT2D eigenvalue weighted by molar-refractivity contribution is 5.73. The molecule has 0 aliphatic carbocycles. The number of carboxylic acid groups (broad SMARTS) is 1. The van der Waals surface area contributed by atoms with E-state index in [1.807, 2.05) is 0 Å². The first-order valence-electron chi connectivity index (χ1n) is 5.37. The fraction of sp³-hybridized carbons (Fsp3) is 0.273. The lowest BCUT2D eigenvalue weighted by Gasteiger charge is -2.04. The van der Waals surface area contributed by atoms with E-state index in [0.29, 0.717) is 5.69 Å². The zero-order chi connectivity index (χ0) is 14.3. The Balaban J connectivity index is 2.36. The van der Waals surface area contributed by atoms with Crippen LogP contribution in [0.5, 0.6) is 0 Å². The van der Waals surface area contributed by atoms with Gasteiger partial charge in [0.1, 0.15) is 6.04 Å². The molecule has 3 N–H and O–H groups in total. The molecule has 0 radical (unpaired) electrons. The quantitative estimate of drug-likeness (QED) is 0.250. The molecule has 0 amide bonds. The van der Waals surface area contributed by atoms with E-state index in [1.54, 1.807) is 0 Å². The standard InChI is InChI=1S/C11H13N3O5/c12-10(11(15)16)5-6-19-7-13-8-1-3-9(4-2-8)14(17)18/h1-4,7,10H,5-6,12H2,(H,15,16)/t10-/m0/s1. The van der Waals surface area contributed by atoms with Crippen molar-refractivity contribution in [2.45, 2.75) is 12.5 Å². The number of nitro groups is 1. The van der Waals surface area contributed by atoms with Crippen LogP contribution in [0, 0.1) is 10.1 Å². The average Bonchev–Trinajstić information content (AvgIpc) is 2.38. The van der Waals surface area contributed by atoms with Crippen LogP contribution in [0.2, 0.25) is 0 Å². The van der Waals surface area contributed by atoms with Crippen molar-refractivity contribution >= 4 is 23.7 Å². The number of carbonyl (C=O) groups is 1. The maximum absolute atomic E-state index is 10.4. The van der Waals surface area contributed by atoms with Gasteiger partial charge in [0.15, 0.2) is 6.40 Å². The molecule has 0 saturated heterocycles. The van der Waals surface area contributed by atoms with Gasteiger partial charge in [0.05, 0.1) is 17.2 Å². The van der Waals surface area contributed by atoms with Crippen molar-refractivity contribution in [3.8, 4) is 0 Å². The Morgan fingerprint density at radius 3 is 2.68 bits per heavy atom. The summed E-state index contributed by atoms with van der Waals surface area (Å²) < 4.78 is 4.97. The normalized spacial score (nSPS) is 12.3. The Labute approximate surface area is 108 Å². The molecule has 0 spiro atoms. The van der Waals surface area contributed by atoms with Crippen LogP contribution in [0.4, 0.5) is 11.4 Å². The molecule has 1 aromatic rings. The third-order valence-electron chi connectivity index (χ3n) is 2.20. The Bertz CT molecular complexity index is 472. The molecule has 1 atom stereocenters. The van der Waals surface area contributed by atoms with Crippen molar-refractivity contribution in [3.05, 3.63) is 34.4 Å². The van der Waals surface area contributed by atoms with Gasteiger partial charge in [0, 0.05) is 18.6 Å². The van der Waals surface area contributed by atoms with E-state index >= 15 is 0 Å². The smallest absolute Gasteiger partial charge is 0.320 e. The molecule has 0 bridgehead atoms. The Hall–Kier alpha value is -2.48. The third kappa shape index (κ3) is 5.13. The van der Waals surface area contributed by atoms with Crippen LogP contribution in [0.25, 0.3) is 0 Å². The van der Waals surface area contributed by atoms with E-state index in [0.717, 1.165) is 6.40 Å². The van der Waals surface area contributed by atoms with Crippen molar-refractivity contribution in [1.29, 1.82) is 0 Å². The van der Waals surface area contributed by atoms with Crippen LogP contribution in [-0.4, -0.2) is 35.0 Å². The van der Waals surface area contributed by atoms with Gasteiger partial charge in [0.25, 0.3) is 5.69 Å². The summed E-state index contributed by atoms with van der Waals surface area (Å²) in [6.45, 7) is 0.129. The molecule has 1 aromatic carbocycles. The van der Waals surface area contributed by atoms with E-state index < -0.39 is 16.9 Å². The SMILES string of the molecule is N[C@@H](CCOC=Nc1ccc([N+](=O)[O-])cc1)C(=O)O. The fourth-order valence-electron chi connectivity index (χ4n) is 1.13. The molecular weight excluding hydrogens is 254 g/mol. The van der Waals surface area contributed by atoms with Gasteiger partial charge in [0.2, 0.25) is 0 Å². The molecule has 0 saturated carbocycles. The van der Waals surface area contributed by atoms with Gasteiger partial charge in [-0.25, -0.2) is 4.99 Å². The minimum absolute atomic E-state index is 0.0210. The summed E-state index contributed by atoms with van der Waals surface area (Å²) >= 11 is 0. The van der Waals surface area contributed by atoms with Crippen LogP contribution in [0.15, 0.2) is 29.3 Å². The van der Waals surface area contributed by atoms with E-state index in [1.165, 1.54) is 24.3 Å². The van der Waals surface area contributed by atoms with Crippen molar-refractivity contribution in [2.24, 2.45) is 10.7 Å². The molecule has 0 aliphatic heterocycles. The number of aliphatic imine (C=N–C) groups is 1. The molecule has 8 heteroatoms. The van der Waals surface area contributed by atoms with Crippen molar-refractivity contribution in [3.63, 3.8) is 0 Å². The lowest BCUT2D eigenvalue weighted by molar-refractivity contribution is -0.384. The zero-order valence-electron chi connectivity index (χ0n) is 9.93. The maximum Gasteiger partial charge on any atom is 0.320 e. The Kier molecular flexibility index (Phi) is 5.42. The number of nitro benzene ring substituents is 1. The zero-order valence-corrected chi connectivity index (χ0v) is 9.93. The first kappa shape index (κ1) is 14.6. The summed E-state index contributed by atoms with van der Waals surface area (Å²) in [6.07, 6.45) is 1.32. The second-order valence-corrected chi connectivity index (χ2v) is 3.61. The number of rotatable bonds is 7. The molecule has 8 nitrogen and oxygen atoms in total. The predicted molar refractivity (Wildman–Crippen MR) is 67.4 cm³/mol. The molecule has 19 heavy (non-hydrogen) atoms. The van der Waals surface area contributed by atoms with Gasteiger partial charge in [-0.3, -0.25) is 14.9 Å². The number of nitrogens with zero attached hydrogens (tertiary/aromatic N) is 2. The summed E-state index contributed by atoms with van der Waals surface area (Å²) in [4.78, 5) is 24.2. The highest BCUT2D eigenvalue weighted by Crippen LogP contribution is 2.17. The minimum Gasteiger partial charge on any atom is -0.483 e. The van der Waals surface area contributed by atoms with E-state index in [4.69, 9.17) is 15.6 Å². The lowest BCUT2D eigenvalue weighted by Crippen LogP contribution is -2.31. The van der Waals surface area contributed by atoms with E-state index in [9.17, 15) is 14.9 Å². The number of non-ortho nitro benzene ring substituents is 1. The molecular formula is C11H13N3O5. The van der Waals surface area contributed by atoms with Crippen LogP contribution in [0.1, 0.15) is 6.42 Å². The Morgan fingerprint density at radius 2 is 2.16 bits per heavy atom. The van der Waals surface area contributed by atoms with Crippen LogP contribution in [0.3, 0.4) is 0 Å². The number of nitrogens with two attached hydrogens (primary N) is 1. The molecule has 0 aromatic heterocycles. The monoisotopic (exact) mass is 267 g/mol. The lowest BCUT2D eigenvalue weighted by atomic mass is 10.2. The Morgan fingerprint density at radius 1 is 1.53 bits per heavy atom. The van der Waals surface area contributed by atoms with E-state index in [2.05, 4.69) is 4.99 Å². The van der Waals surface area contributed by atoms with Gasteiger partial charge in [-0.15, -0.1) is 0 Å². The fourth-order valence-corrected chi connectivity index (χ4v) is 1.13. The molecule has 0 heterocycles. The molecule has 0 fully saturated rings. The van der Waals surface area contributed by atoms with Gasteiger partial charge in [-0.1, -0.05) is 0 Å². The second kappa shape index (κ2) is 7.07. The number of aliphatic carboxylic acids is 1. The van der Waals surface area contributed by atoms with Gasteiger partial charge < -0.3 is 15.6 Å². The molecule has 0 aliphatic rings. The summed E-state index contributed by atoms with van der Waals surface area (Å²) in [6, 6.07) is 4.63. The average molecular weight is 267 g/mol. The maximum atomic E-state index is 10.4. The number of hydrogen-bond acceptors (Lipinski definition) is 6. The van der Waals surface area contributed by atoms with Crippen molar-refractivity contribution in [2.75, 3.05) is 6.61 Å². The van der Waals surface area contributed by atoms with Crippen molar-refractivity contribution < 1.29 is 19.6 Å². The van der Waals surface area contributed by atoms with Crippen LogP contribution in [-0.2, 0) is 9.53 Å². The molecule has 0 unspecified atom stereocenters. The number of carboxylic acids is 1. The van der Waals surface area contributed by atoms with Gasteiger partial charge >= 0.3 is 5.97 Å². The first-order chi connectivity index (χ1) is 9.00. The van der Waals surface area contributed by atoms with Crippen LogP contribution >= 0.6 is 0 Å². The van der Waals surface area contributed by atoms with Gasteiger partial charge in [-0.2, -0.15) is 0 Å². The number of hydrogen-bond donors (Lipinski definition) is 2. The van der Waals surface area contributed by atoms with Crippen molar-refractivity contribution in [1.82, 2.24) is 0 Å². The second-order valence-electron chi connectivity index (χ2n) is 3.61. The van der Waals surface area contributed by atoms with Crippen LogP contribution < -0.4 is 5.73 Å². The minimum atomic E-state index is -1.09. The summed E-state index contributed by atoms with van der Waals surface area (Å²) in [5.41, 5.74) is 5.74. The molecule has 102 valence electrons. The first-order valence-corrected chi connectivity index (χ1v) is 5.37. The third-order valence-corrected chi connectivity index (χ3v) is 2.20. The summed E-state index contributed by atoms with van der Waals surface area (Å²) in [5, 5.41) is 18.9. The summed E-state index contributed by atoms with van der Waals surface area (Å²) in [5.74, 6) is -1.09. The topological polar surface area (TPSA) is 128 Å². The summed E-state index contributed by atoms with van der Waals surface area (Å²) in [7, 11) is 0. The highest BCUT2D eigenvalue weighted by atomic mass is 16.6. The number of benzene rings is 1. The van der Waals surface area contributed by atoms with E-state index in [-0.39, 0.29) is 18.7 Å². The molecule has 1 rings (SSSR count). The number of ether oxygens (including phenoxy) is 1. The predicted octanol–water partition coefficient (Wildman–Crippen LogP) is 1.07.